The second kappa shape index (κ2) is 5.79. The van der Waals surface area contributed by atoms with Crippen molar-refractivity contribution in [3.8, 4) is 11.5 Å². The molecule has 8 heteroatoms. The van der Waals surface area contributed by atoms with Crippen molar-refractivity contribution in [1.29, 1.82) is 0 Å². The summed E-state index contributed by atoms with van der Waals surface area (Å²) in [6, 6.07) is 3.63. The van der Waals surface area contributed by atoms with Crippen LogP contribution >= 0.6 is 11.8 Å². The number of benzene rings is 1. The largest absolute Gasteiger partial charge is 0.493 e. The summed E-state index contributed by atoms with van der Waals surface area (Å²) in [5.41, 5.74) is 2.99. The van der Waals surface area contributed by atoms with Gasteiger partial charge in [-0.3, -0.25) is 4.79 Å². The molecule has 0 saturated heterocycles. The molecule has 122 valence electrons. The standard InChI is InChI=1S/C16H14N4O3S/c1-22-10-3-8-4-12(14(21)9(8)5-11(10)23-2)24-16-13-15(18-6-17-13)19-7-20-16/h3,5-7,12H,4H2,1-2H3,(H,17,18,19,20)/t12-/m0/s1. The van der Waals surface area contributed by atoms with Crippen LogP contribution in [0, 0.1) is 0 Å². The predicted octanol–water partition coefficient (Wildman–Crippen LogP) is 2.27. The van der Waals surface area contributed by atoms with Crippen LogP contribution in [0.4, 0.5) is 0 Å². The van der Waals surface area contributed by atoms with E-state index >= 15 is 0 Å². The second-order valence-electron chi connectivity index (χ2n) is 5.32. The molecule has 0 fully saturated rings. The third kappa shape index (κ3) is 2.30. The van der Waals surface area contributed by atoms with Crippen molar-refractivity contribution in [2.45, 2.75) is 16.7 Å². The number of H-pyrrole nitrogens is 1. The Hall–Kier alpha value is -2.61. The zero-order valence-corrected chi connectivity index (χ0v) is 13.9. The molecule has 0 saturated carbocycles. The van der Waals surface area contributed by atoms with Crippen LogP contribution in [-0.4, -0.2) is 45.2 Å². The first-order valence-electron chi connectivity index (χ1n) is 7.31. The first-order valence-corrected chi connectivity index (χ1v) is 8.19. The number of thioether (sulfide) groups is 1. The number of rotatable bonds is 4. The number of ketones is 1. The van der Waals surface area contributed by atoms with Crippen LogP contribution in [-0.2, 0) is 6.42 Å². The number of methoxy groups -OCH3 is 2. The number of ether oxygens (including phenoxy) is 2. The third-order valence-corrected chi connectivity index (χ3v) is 5.21. The smallest absolute Gasteiger partial charge is 0.181 e. The number of carbonyl (C=O) groups excluding carboxylic acids is 1. The van der Waals surface area contributed by atoms with E-state index in [1.165, 1.54) is 18.1 Å². The van der Waals surface area contributed by atoms with E-state index < -0.39 is 0 Å². The van der Waals surface area contributed by atoms with E-state index in [9.17, 15) is 4.79 Å². The van der Waals surface area contributed by atoms with Crippen molar-refractivity contribution < 1.29 is 14.3 Å². The van der Waals surface area contributed by atoms with Crippen LogP contribution in [0.2, 0.25) is 0 Å². The van der Waals surface area contributed by atoms with Gasteiger partial charge in [-0.1, -0.05) is 11.8 Å². The fourth-order valence-corrected chi connectivity index (χ4v) is 3.99. The lowest BCUT2D eigenvalue weighted by Gasteiger charge is -2.09. The number of nitrogens with one attached hydrogen (secondary N) is 1. The highest BCUT2D eigenvalue weighted by Crippen LogP contribution is 2.40. The number of imidazole rings is 1. The molecule has 1 N–H and O–H groups in total. The summed E-state index contributed by atoms with van der Waals surface area (Å²) in [5, 5.41) is 0.487. The van der Waals surface area contributed by atoms with Gasteiger partial charge in [0.2, 0.25) is 0 Å². The molecule has 2 aromatic heterocycles. The number of hydrogen-bond acceptors (Lipinski definition) is 7. The van der Waals surface area contributed by atoms with Gasteiger partial charge in [0, 0.05) is 5.56 Å². The fraction of sp³-hybridized carbons (Fsp3) is 0.250. The molecule has 0 radical (unpaired) electrons. The van der Waals surface area contributed by atoms with E-state index in [2.05, 4.69) is 19.9 Å². The molecular formula is C16H14N4O3S. The molecule has 24 heavy (non-hydrogen) atoms. The summed E-state index contributed by atoms with van der Waals surface area (Å²) < 4.78 is 10.6. The van der Waals surface area contributed by atoms with Crippen molar-refractivity contribution in [3.05, 3.63) is 35.9 Å². The van der Waals surface area contributed by atoms with Crippen LogP contribution in [0.3, 0.4) is 0 Å². The molecule has 1 atom stereocenters. The minimum absolute atomic E-state index is 0.0715. The molecule has 0 unspecified atom stereocenters. The highest BCUT2D eigenvalue weighted by Gasteiger charge is 2.33. The van der Waals surface area contributed by atoms with Gasteiger partial charge >= 0.3 is 0 Å². The summed E-state index contributed by atoms with van der Waals surface area (Å²) in [4.78, 5) is 28.3. The first kappa shape index (κ1) is 14.9. The van der Waals surface area contributed by atoms with Gasteiger partial charge in [0.1, 0.15) is 16.9 Å². The lowest BCUT2D eigenvalue weighted by atomic mass is 10.1. The number of hydrogen-bond donors (Lipinski definition) is 1. The van der Waals surface area contributed by atoms with Crippen LogP contribution in [0.25, 0.3) is 11.2 Å². The van der Waals surface area contributed by atoms with Gasteiger partial charge in [-0.05, 0) is 24.1 Å². The highest BCUT2D eigenvalue weighted by molar-refractivity contribution is 8.00. The molecular weight excluding hydrogens is 328 g/mol. The topological polar surface area (TPSA) is 90.0 Å². The molecule has 3 aromatic rings. The molecule has 7 nitrogen and oxygen atoms in total. The third-order valence-electron chi connectivity index (χ3n) is 4.01. The Bertz CT molecular complexity index is 940. The maximum atomic E-state index is 12.8. The summed E-state index contributed by atoms with van der Waals surface area (Å²) >= 11 is 1.42. The maximum Gasteiger partial charge on any atom is 0.181 e. The van der Waals surface area contributed by atoms with E-state index in [1.54, 1.807) is 26.6 Å². The molecule has 0 spiro atoms. The average Bonchev–Trinajstić information content (AvgIpc) is 3.20. The van der Waals surface area contributed by atoms with Crippen LogP contribution in [0.1, 0.15) is 15.9 Å². The summed E-state index contributed by atoms with van der Waals surface area (Å²) in [7, 11) is 3.15. The summed E-state index contributed by atoms with van der Waals surface area (Å²) in [6.45, 7) is 0. The SMILES string of the molecule is COc1cc2c(cc1OC)C(=O)[C@@H](Sc1ncnc3nc[nH]c13)C2. The molecule has 4 rings (SSSR count). The predicted molar refractivity (Wildman–Crippen MR) is 88.9 cm³/mol. The Morgan fingerprint density at radius 1 is 1.17 bits per heavy atom. The molecule has 1 aliphatic carbocycles. The normalized spacial score (nSPS) is 16.4. The lowest BCUT2D eigenvalue weighted by Crippen LogP contribution is -2.11. The molecule has 1 aliphatic rings. The number of aromatic nitrogens is 4. The van der Waals surface area contributed by atoms with Gasteiger partial charge in [-0.15, -0.1) is 0 Å². The number of carbonyl (C=O) groups is 1. The fourth-order valence-electron chi connectivity index (χ4n) is 2.85. The molecule has 2 heterocycles. The Labute approximate surface area is 141 Å². The van der Waals surface area contributed by atoms with E-state index in [0.29, 0.717) is 29.1 Å². The zero-order chi connectivity index (χ0) is 16.7. The highest BCUT2D eigenvalue weighted by atomic mass is 32.2. The van der Waals surface area contributed by atoms with Crippen molar-refractivity contribution in [2.75, 3.05) is 14.2 Å². The Kier molecular flexibility index (Phi) is 3.61. The van der Waals surface area contributed by atoms with Gasteiger partial charge < -0.3 is 14.5 Å². The average molecular weight is 342 g/mol. The molecule has 0 bridgehead atoms. The lowest BCUT2D eigenvalue weighted by molar-refractivity contribution is 0.1000. The van der Waals surface area contributed by atoms with Gasteiger partial charge in [-0.25, -0.2) is 15.0 Å². The maximum absolute atomic E-state index is 12.8. The number of fused-ring (bicyclic) bond motifs is 2. The number of aromatic amines is 1. The first-order chi connectivity index (χ1) is 11.7. The van der Waals surface area contributed by atoms with Crippen molar-refractivity contribution in [3.63, 3.8) is 0 Å². The summed E-state index contributed by atoms with van der Waals surface area (Å²) in [6.07, 6.45) is 3.66. The van der Waals surface area contributed by atoms with Crippen molar-refractivity contribution in [2.24, 2.45) is 0 Å². The molecule has 1 aromatic carbocycles. The Balaban J connectivity index is 1.67. The minimum atomic E-state index is -0.238. The molecule has 0 amide bonds. The second-order valence-corrected chi connectivity index (χ2v) is 6.51. The summed E-state index contributed by atoms with van der Waals surface area (Å²) in [5.74, 6) is 1.27. The van der Waals surface area contributed by atoms with E-state index in [1.807, 2.05) is 6.07 Å². The van der Waals surface area contributed by atoms with Gasteiger partial charge in [0.05, 0.1) is 25.8 Å². The van der Waals surface area contributed by atoms with E-state index in [4.69, 9.17) is 9.47 Å². The van der Waals surface area contributed by atoms with Gasteiger partial charge in [0.15, 0.2) is 22.9 Å². The zero-order valence-electron chi connectivity index (χ0n) is 13.1. The number of nitrogens with zero attached hydrogens (tertiary/aromatic N) is 3. The van der Waals surface area contributed by atoms with Crippen molar-refractivity contribution in [1.82, 2.24) is 19.9 Å². The monoisotopic (exact) mass is 342 g/mol. The number of Topliss-reactive ketones (excluding diaryl/α,β-unsaturated/α-hetero) is 1. The van der Waals surface area contributed by atoms with Crippen LogP contribution in [0.15, 0.2) is 29.8 Å². The van der Waals surface area contributed by atoms with Crippen molar-refractivity contribution >= 4 is 28.7 Å². The quantitative estimate of drug-likeness (QED) is 0.727. The van der Waals surface area contributed by atoms with Gasteiger partial charge in [0.25, 0.3) is 0 Å². The molecule has 0 aliphatic heterocycles. The van der Waals surface area contributed by atoms with Crippen LogP contribution < -0.4 is 9.47 Å². The minimum Gasteiger partial charge on any atom is -0.493 e. The Morgan fingerprint density at radius 3 is 2.75 bits per heavy atom. The Morgan fingerprint density at radius 2 is 1.96 bits per heavy atom. The van der Waals surface area contributed by atoms with Gasteiger partial charge in [-0.2, -0.15) is 0 Å². The van der Waals surface area contributed by atoms with Crippen LogP contribution in [0.5, 0.6) is 11.5 Å². The van der Waals surface area contributed by atoms with E-state index in [-0.39, 0.29) is 11.0 Å². The van der Waals surface area contributed by atoms with E-state index in [0.717, 1.165) is 16.1 Å².